The predicted molar refractivity (Wildman–Crippen MR) is 81.4 cm³/mol. The lowest BCUT2D eigenvalue weighted by Crippen LogP contribution is -2.27. The fraction of sp³-hybridized carbons (Fsp3) is 0.143. The molecule has 2 aromatic rings. The second kappa shape index (κ2) is 7.07. The zero-order chi connectivity index (χ0) is 14.4. The van der Waals surface area contributed by atoms with Gasteiger partial charge in [-0.3, -0.25) is 9.59 Å². The minimum absolute atomic E-state index is 0.170. The van der Waals surface area contributed by atoms with Gasteiger partial charge in [-0.05, 0) is 23.6 Å². The zero-order valence-electron chi connectivity index (χ0n) is 10.6. The Bertz CT molecular complexity index is 599. The average Bonchev–Trinajstić information content (AvgIpc) is 2.95. The molecule has 0 unspecified atom stereocenters. The molecule has 2 amide bonds. The minimum atomic E-state index is -0.191. The fourth-order valence-corrected chi connectivity index (χ4v) is 2.38. The van der Waals surface area contributed by atoms with Gasteiger partial charge in [-0.2, -0.15) is 11.3 Å². The second-order valence-electron chi connectivity index (χ2n) is 4.05. The number of hydrogen-bond acceptors (Lipinski definition) is 3. The highest BCUT2D eigenvalue weighted by Crippen LogP contribution is 2.20. The van der Waals surface area contributed by atoms with Crippen molar-refractivity contribution in [1.82, 2.24) is 5.32 Å². The molecule has 0 aliphatic rings. The van der Waals surface area contributed by atoms with Crippen LogP contribution in [0.3, 0.4) is 0 Å². The Balaban J connectivity index is 1.76. The largest absolute Gasteiger partial charge is 0.351 e. The van der Waals surface area contributed by atoms with Crippen LogP contribution in [0.25, 0.3) is 0 Å². The Morgan fingerprint density at radius 1 is 1.20 bits per heavy atom. The SMILES string of the molecule is O=C(CCNC(=O)c1ccsc1)Nc1ccccc1Cl. The van der Waals surface area contributed by atoms with Gasteiger partial charge in [0.15, 0.2) is 0 Å². The molecule has 0 atom stereocenters. The summed E-state index contributed by atoms with van der Waals surface area (Å²) in [7, 11) is 0. The van der Waals surface area contributed by atoms with Gasteiger partial charge in [0.2, 0.25) is 5.91 Å². The van der Waals surface area contributed by atoms with Crippen molar-refractivity contribution in [1.29, 1.82) is 0 Å². The van der Waals surface area contributed by atoms with Gasteiger partial charge >= 0.3 is 0 Å². The van der Waals surface area contributed by atoms with Gasteiger partial charge in [0.1, 0.15) is 0 Å². The number of rotatable bonds is 5. The summed E-state index contributed by atoms with van der Waals surface area (Å²) < 4.78 is 0. The van der Waals surface area contributed by atoms with E-state index in [1.54, 1.807) is 35.7 Å². The molecule has 1 aromatic carbocycles. The van der Waals surface area contributed by atoms with Crippen LogP contribution >= 0.6 is 22.9 Å². The van der Waals surface area contributed by atoms with Crippen molar-refractivity contribution >= 4 is 40.4 Å². The van der Waals surface area contributed by atoms with Crippen molar-refractivity contribution in [2.75, 3.05) is 11.9 Å². The highest BCUT2D eigenvalue weighted by atomic mass is 35.5. The normalized spacial score (nSPS) is 10.1. The van der Waals surface area contributed by atoms with E-state index in [2.05, 4.69) is 10.6 Å². The summed E-state index contributed by atoms with van der Waals surface area (Å²) in [6, 6.07) is 8.75. The maximum absolute atomic E-state index is 11.7. The lowest BCUT2D eigenvalue weighted by molar-refractivity contribution is -0.116. The maximum atomic E-state index is 11.7. The molecule has 0 saturated heterocycles. The minimum Gasteiger partial charge on any atom is -0.351 e. The fourth-order valence-electron chi connectivity index (χ4n) is 1.56. The molecule has 4 nitrogen and oxygen atoms in total. The molecule has 2 N–H and O–H groups in total. The summed E-state index contributed by atoms with van der Waals surface area (Å²) in [5, 5.41) is 9.47. The second-order valence-corrected chi connectivity index (χ2v) is 5.23. The summed E-state index contributed by atoms with van der Waals surface area (Å²) in [6.45, 7) is 0.283. The molecule has 2 rings (SSSR count). The first-order valence-corrected chi connectivity index (χ1v) is 7.33. The Morgan fingerprint density at radius 3 is 2.70 bits per heavy atom. The van der Waals surface area contributed by atoms with Gasteiger partial charge < -0.3 is 10.6 Å². The number of amides is 2. The van der Waals surface area contributed by atoms with Gasteiger partial charge in [0.25, 0.3) is 5.91 Å². The van der Waals surface area contributed by atoms with E-state index >= 15 is 0 Å². The number of benzene rings is 1. The Hall–Kier alpha value is -1.85. The summed E-state index contributed by atoms with van der Waals surface area (Å²) in [6.07, 6.45) is 0.196. The standard InChI is InChI=1S/C14H13ClN2O2S/c15-11-3-1-2-4-12(11)17-13(18)5-7-16-14(19)10-6-8-20-9-10/h1-4,6,8-9H,5,7H2,(H,16,19)(H,17,18). The number of anilines is 1. The van der Waals surface area contributed by atoms with Gasteiger partial charge in [-0.25, -0.2) is 0 Å². The van der Waals surface area contributed by atoms with E-state index in [0.29, 0.717) is 16.3 Å². The highest BCUT2D eigenvalue weighted by Gasteiger charge is 2.08. The third-order valence-corrected chi connectivity index (χ3v) is 3.58. The van der Waals surface area contributed by atoms with Crippen molar-refractivity contribution in [2.45, 2.75) is 6.42 Å². The molecule has 0 bridgehead atoms. The van der Waals surface area contributed by atoms with Crippen LogP contribution in [0.2, 0.25) is 5.02 Å². The molecule has 0 aliphatic carbocycles. The summed E-state index contributed by atoms with van der Waals surface area (Å²) in [5.74, 6) is -0.361. The number of para-hydroxylation sites is 1. The highest BCUT2D eigenvalue weighted by molar-refractivity contribution is 7.08. The van der Waals surface area contributed by atoms with Crippen LogP contribution < -0.4 is 10.6 Å². The predicted octanol–water partition coefficient (Wildman–Crippen LogP) is 3.16. The first-order chi connectivity index (χ1) is 9.66. The Kier molecular flexibility index (Phi) is 5.15. The van der Waals surface area contributed by atoms with E-state index in [9.17, 15) is 9.59 Å². The van der Waals surface area contributed by atoms with E-state index in [0.717, 1.165) is 0 Å². The third kappa shape index (κ3) is 4.08. The quantitative estimate of drug-likeness (QED) is 0.891. The van der Waals surface area contributed by atoms with Gasteiger partial charge in [0.05, 0.1) is 10.7 Å². The average molecular weight is 309 g/mol. The van der Waals surface area contributed by atoms with Crippen molar-refractivity contribution in [3.8, 4) is 0 Å². The molecule has 0 radical (unpaired) electrons. The number of nitrogens with one attached hydrogen (secondary N) is 2. The molecule has 20 heavy (non-hydrogen) atoms. The van der Waals surface area contributed by atoms with Gasteiger partial charge in [0, 0.05) is 23.9 Å². The van der Waals surface area contributed by atoms with Crippen LogP contribution in [0.5, 0.6) is 0 Å². The van der Waals surface area contributed by atoms with Crippen molar-refractivity contribution in [2.24, 2.45) is 0 Å². The molecule has 1 aromatic heterocycles. The molecule has 6 heteroatoms. The van der Waals surface area contributed by atoms with Gasteiger partial charge in [-0.1, -0.05) is 23.7 Å². The van der Waals surface area contributed by atoms with E-state index in [1.807, 2.05) is 5.38 Å². The first kappa shape index (κ1) is 14.6. The number of thiophene rings is 1. The van der Waals surface area contributed by atoms with Crippen LogP contribution in [-0.4, -0.2) is 18.4 Å². The molecule has 104 valence electrons. The van der Waals surface area contributed by atoms with E-state index < -0.39 is 0 Å². The van der Waals surface area contributed by atoms with Crippen LogP contribution in [0, 0.1) is 0 Å². The van der Waals surface area contributed by atoms with Crippen LogP contribution in [0.1, 0.15) is 16.8 Å². The van der Waals surface area contributed by atoms with E-state index in [1.165, 1.54) is 11.3 Å². The van der Waals surface area contributed by atoms with Crippen LogP contribution in [-0.2, 0) is 4.79 Å². The lowest BCUT2D eigenvalue weighted by Gasteiger charge is -2.07. The van der Waals surface area contributed by atoms with Crippen LogP contribution in [0.4, 0.5) is 5.69 Å². The smallest absolute Gasteiger partial charge is 0.252 e. The molecular weight excluding hydrogens is 296 g/mol. The number of carbonyl (C=O) groups excluding carboxylic acids is 2. The number of halogens is 1. The lowest BCUT2D eigenvalue weighted by atomic mass is 10.3. The maximum Gasteiger partial charge on any atom is 0.252 e. The molecular formula is C14H13ClN2O2S. The number of hydrogen-bond donors (Lipinski definition) is 2. The molecule has 0 fully saturated rings. The monoisotopic (exact) mass is 308 g/mol. The summed E-state index contributed by atoms with van der Waals surface area (Å²) >= 11 is 7.39. The van der Waals surface area contributed by atoms with Crippen LogP contribution in [0.15, 0.2) is 41.1 Å². The third-order valence-electron chi connectivity index (χ3n) is 2.57. The van der Waals surface area contributed by atoms with Crippen molar-refractivity contribution < 1.29 is 9.59 Å². The zero-order valence-corrected chi connectivity index (χ0v) is 12.1. The Labute approximate surface area is 125 Å². The van der Waals surface area contributed by atoms with Crippen molar-refractivity contribution in [3.63, 3.8) is 0 Å². The van der Waals surface area contributed by atoms with E-state index in [4.69, 9.17) is 11.6 Å². The molecule has 0 aliphatic heterocycles. The topological polar surface area (TPSA) is 58.2 Å². The summed E-state index contributed by atoms with van der Waals surface area (Å²) in [4.78, 5) is 23.4. The molecule has 1 heterocycles. The van der Waals surface area contributed by atoms with Gasteiger partial charge in [-0.15, -0.1) is 0 Å². The summed E-state index contributed by atoms with van der Waals surface area (Å²) in [5.41, 5.74) is 1.19. The molecule has 0 saturated carbocycles. The van der Waals surface area contributed by atoms with E-state index in [-0.39, 0.29) is 24.8 Å². The molecule has 0 spiro atoms. The Morgan fingerprint density at radius 2 is 2.00 bits per heavy atom. The first-order valence-electron chi connectivity index (χ1n) is 6.01. The number of carbonyl (C=O) groups is 2. The van der Waals surface area contributed by atoms with Crippen molar-refractivity contribution in [3.05, 3.63) is 51.7 Å².